The Balaban J connectivity index is 1.34. The van der Waals surface area contributed by atoms with Crippen LogP contribution in [0.5, 0.6) is 5.75 Å². The smallest absolute Gasteiger partial charge is 0.307 e. The van der Waals surface area contributed by atoms with E-state index in [0.29, 0.717) is 38.4 Å². The predicted octanol–water partition coefficient (Wildman–Crippen LogP) is 6.96. The number of aromatic nitrogens is 3. The normalized spacial score (nSPS) is 20.5. The number of aliphatic carboxylic acids is 1. The Labute approximate surface area is 244 Å². The van der Waals surface area contributed by atoms with Crippen LogP contribution in [0.1, 0.15) is 67.1 Å². The first-order chi connectivity index (χ1) is 20.3. The summed E-state index contributed by atoms with van der Waals surface area (Å²) in [5.41, 5.74) is 5.50. The summed E-state index contributed by atoms with van der Waals surface area (Å²) in [6.45, 7) is 3.43. The Morgan fingerprint density at radius 2 is 1.88 bits per heavy atom. The highest BCUT2D eigenvalue weighted by Gasteiger charge is 2.36. The molecule has 2 aromatic carbocycles. The second kappa shape index (κ2) is 11.7. The molecule has 0 unspecified atom stereocenters. The van der Waals surface area contributed by atoms with E-state index >= 15 is 0 Å². The third kappa shape index (κ3) is 6.10. The van der Waals surface area contributed by atoms with E-state index in [0.717, 1.165) is 58.6 Å². The van der Waals surface area contributed by atoms with Gasteiger partial charge in [-0.25, -0.2) is 13.8 Å². The van der Waals surface area contributed by atoms with Gasteiger partial charge >= 0.3 is 5.97 Å². The van der Waals surface area contributed by atoms with Gasteiger partial charge in [0.25, 0.3) is 5.92 Å². The van der Waals surface area contributed by atoms with Gasteiger partial charge < -0.3 is 19.3 Å². The van der Waals surface area contributed by atoms with Gasteiger partial charge in [-0.2, -0.15) is 0 Å². The van der Waals surface area contributed by atoms with Gasteiger partial charge in [0.15, 0.2) is 0 Å². The molecule has 1 aliphatic carbocycles. The first-order valence-electron chi connectivity index (χ1n) is 14.7. The van der Waals surface area contributed by atoms with Crippen molar-refractivity contribution in [1.82, 2.24) is 14.5 Å². The first kappa shape index (κ1) is 28.1. The number of halogens is 2. The number of hydrogen-bond acceptors (Lipinski definition) is 5. The highest BCUT2D eigenvalue weighted by Crippen LogP contribution is 2.40. The van der Waals surface area contributed by atoms with Crippen LogP contribution in [0.4, 0.5) is 14.5 Å². The topological polar surface area (TPSA) is 80.5 Å². The molecule has 220 valence electrons. The second-order valence-corrected chi connectivity index (χ2v) is 11.7. The summed E-state index contributed by atoms with van der Waals surface area (Å²) in [6, 6.07) is 17.7. The van der Waals surface area contributed by atoms with E-state index in [-0.39, 0.29) is 18.8 Å². The number of pyridine rings is 1. The third-order valence-corrected chi connectivity index (χ3v) is 8.63. The molecule has 2 atom stereocenters. The van der Waals surface area contributed by atoms with Crippen LogP contribution in [-0.4, -0.2) is 44.6 Å². The average Bonchev–Trinajstić information content (AvgIpc) is 3.34. The third-order valence-electron chi connectivity index (χ3n) is 8.63. The Bertz CT molecular complexity index is 1560. The van der Waals surface area contributed by atoms with E-state index in [9.17, 15) is 18.7 Å². The fraction of sp³-hybridized carbons (Fsp3) is 0.424. The zero-order valence-electron chi connectivity index (χ0n) is 23.8. The number of aryl methyl sites for hydroxylation is 1. The Kier molecular flexibility index (Phi) is 7.84. The number of ether oxygens (including phenoxy) is 1. The van der Waals surface area contributed by atoms with E-state index in [1.54, 1.807) is 0 Å². The summed E-state index contributed by atoms with van der Waals surface area (Å²) < 4.78 is 35.8. The van der Waals surface area contributed by atoms with Crippen molar-refractivity contribution in [2.45, 2.75) is 70.4 Å². The van der Waals surface area contributed by atoms with E-state index in [2.05, 4.69) is 15.6 Å². The predicted molar refractivity (Wildman–Crippen MR) is 157 cm³/mol. The van der Waals surface area contributed by atoms with Crippen molar-refractivity contribution in [1.29, 1.82) is 0 Å². The van der Waals surface area contributed by atoms with Crippen LogP contribution in [0.15, 0.2) is 60.8 Å². The fourth-order valence-electron chi connectivity index (χ4n) is 6.26. The van der Waals surface area contributed by atoms with Crippen molar-refractivity contribution in [3.8, 4) is 5.75 Å². The molecule has 1 N–H and O–H groups in total. The molecule has 0 spiro atoms. The summed E-state index contributed by atoms with van der Waals surface area (Å²) in [5.74, 6) is -2.61. The molecule has 2 aliphatic rings. The maximum atomic E-state index is 13.8. The van der Waals surface area contributed by atoms with E-state index in [1.165, 1.54) is 0 Å². The fourth-order valence-corrected chi connectivity index (χ4v) is 6.26. The van der Waals surface area contributed by atoms with Crippen LogP contribution in [0.3, 0.4) is 0 Å². The molecule has 0 amide bonds. The summed E-state index contributed by atoms with van der Waals surface area (Å²) in [6.07, 6.45) is 4.79. The van der Waals surface area contributed by atoms with Crippen LogP contribution in [-0.2, 0) is 17.9 Å². The molecule has 1 aliphatic heterocycles. The number of carbonyl (C=O) groups is 1. The minimum Gasteiger partial charge on any atom is -0.487 e. The van der Waals surface area contributed by atoms with Crippen LogP contribution < -0.4 is 9.64 Å². The lowest BCUT2D eigenvalue weighted by Gasteiger charge is -2.33. The largest absolute Gasteiger partial charge is 0.487 e. The summed E-state index contributed by atoms with van der Waals surface area (Å²) in [4.78, 5) is 23.7. The lowest BCUT2D eigenvalue weighted by atomic mass is 9.78. The van der Waals surface area contributed by atoms with Gasteiger partial charge in [0.1, 0.15) is 18.2 Å². The monoisotopic (exact) mass is 574 g/mol. The lowest BCUT2D eigenvalue weighted by Crippen LogP contribution is -2.39. The molecule has 2 fully saturated rings. The van der Waals surface area contributed by atoms with E-state index in [4.69, 9.17) is 9.72 Å². The van der Waals surface area contributed by atoms with E-state index < -0.39 is 17.8 Å². The number of anilines is 1. The van der Waals surface area contributed by atoms with Crippen LogP contribution in [0, 0.1) is 12.8 Å². The Hall–Kier alpha value is -4.01. The standard InChI is InChI=1S/C33H36F2N4O3/c1-22-9-10-24(36-19-22)21-42-26-11-12-29-30(18-26)39(31(37-29)27-7-2-3-8-28(27)32(40)41)20-23-5-4-6-25(17-23)38-15-13-33(34,35)14-16-38/h4-6,9-12,17-19,27-28H,2-3,7-8,13-16,20-21H2,1H3,(H,40,41)/t27-,28+/m0/s1. The summed E-state index contributed by atoms with van der Waals surface area (Å²) in [5, 5.41) is 10.1. The number of hydrogen-bond donors (Lipinski definition) is 1. The summed E-state index contributed by atoms with van der Waals surface area (Å²) in [7, 11) is 0. The van der Waals surface area contributed by atoms with Gasteiger partial charge in [-0.1, -0.05) is 31.0 Å². The van der Waals surface area contributed by atoms with Crippen LogP contribution in [0.2, 0.25) is 0 Å². The number of imidazole rings is 1. The minimum absolute atomic E-state index is 0.146. The number of carboxylic acid groups (broad SMARTS) is 1. The molecule has 42 heavy (non-hydrogen) atoms. The molecular formula is C33H36F2N4O3. The first-order valence-corrected chi connectivity index (χ1v) is 14.7. The van der Waals surface area contributed by atoms with Crippen molar-refractivity contribution in [3.63, 3.8) is 0 Å². The molecule has 4 aromatic rings. The SMILES string of the molecule is Cc1ccc(COc2ccc3nc([C@H]4CCCC[C@H]4C(=O)O)n(Cc4cccc(N5CCC(F)(F)CC5)c4)c3c2)nc1. The number of piperidine rings is 1. The zero-order valence-corrected chi connectivity index (χ0v) is 23.8. The molecule has 2 aromatic heterocycles. The van der Waals surface area contributed by atoms with Crippen molar-refractivity contribution in [2.24, 2.45) is 5.92 Å². The molecule has 3 heterocycles. The minimum atomic E-state index is -2.60. The van der Waals surface area contributed by atoms with Crippen molar-refractivity contribution in [2.75, 3.05) is 18.0 Å². The maximum Gasteiger partial charge on any atom is 0.307 e. The van der Waals surface area contributed by atoms with Gasteiger partial charge in [-0.15, -0.1) is 0 Å². The number of nitrogens with zero attached hydrogens (tertiary/aromatic N) is 4. The van der Waals surface area contributed by atoms with Gasteiger partial charge in [-0.05, 0) is 61.2 Å². The summed E-state index contributed by atoms with van der Waals surface area (Å²) >= 11 is 0. The van der Waals surface area contributed by atoms with Gasteiger partial charge in [-0.3, -0.25) is 9.78 Å². The molecule has 0 bridgehead atoms. The highest BCUT2D eigenvalue weighted by atomic mass is 19.3. The van der Waals surface area contributed by atoms with Gasteiger partial charge in [0.05, 0.1) is 22.6 Å². The van der Waals surface area contributed by atoms with E-state index in [1.807, 2.05) is 66.6 Å². The van der Waals surface area contributed by atoms with Crippen molar-refractivity contribution >= 4 is 22.7 Å². The Morgan fingerprint density at radius 3 is 2.64 bits per heavy atom. The lowest BCUT2D eigenvalue weighted by molar-refractivity contribution is -0.143. The molecule has 7 nitrogen and oxygen atoms in total. The quantitative estimate of drug-likeness (QED) is 0.245. The number of benzene rings is 2. The van der Waals surface area contributed by atoms with Crippen molar-refractivity contribution < 1.29 is 23.4 Å². The number of alkyl halides is 2. The number of rotatable bonds is 8. The Morgan fingerprint density at radius 1 is 1.07 bits per heavy atom. The number of carboxylic acids is 1. The second-order valence-electron chi connectivity index (χ2n) is 11.7. The van der Waals surface area contributed by atoms with Gasteiger partial charge in [0.2, 0.25) is 0 Å². The average molecular weight is 575 g/mol. The van der Waals surface area contributed by atoms with Crippen molar-refractivity contribution in [3.05, 3.63) is 83.4 Å². The zero-order chi connectivity index (χ0) is 29.3. The molecule has 0 radical (unpaired) electrons. The van der Waals surface area contributed by atoms with Gasteiger partial charge in [0, 0.05) is 56.3 Å². The molecule has 6 rings (SSSR count). The molecular weight excluding hydrogens is 538 g/mol. The highest BCUT2D eigenvalue weighted by molar-refractivity contribution is 5.79. The van der Waals surface area contributed by atoms with Crippen LogP contribution in [0.25, 0.3) is 11.0 Å². The molecule has 1 saturated heterocycles. The van der Waals surface area contributed by atoms with Crippen LogP contribution >= 0.6 is 0 Å². The maximum absolute atomic E-state index is 13.8. The molecule has 1 saturated carbocycles. The number of fused-ring (bicyclic) bond motifs is 1. The molecule has 9 heteroatoms.